The summed E-state index contributed by atoms with van der Waals surface area (Å²) in [6.45, 7) is 3.82. The van der Waals surface area contributed by atoms with Crippen LogP contribution in [-0.2, 0) is 9.59 Å². The van der Waals surface area contributed by atoms with Crippen molar-refractivity contribution in [3.05, 3.63) is 78.4 Å². The van der Waals surface area contributed by atoms with Crippen LogP contribution in [-0.4, -0.2) is 33.5 Å². The lowest BCUT2D eigenvalue weighted by Gasteiger charge is -2.36. The number of aromatic hydroxyl groups is 1. The third-order valence-electron chi connectivity index (χ3n) is 3.89. The van der Waals surface area contributed by atoms with Crippen LogP contribution in [0.5, 0.6) is 5.75 Å². The average molecular weight is 364 g/mol. The van der Waals surface area contributed by atoms with Gasteiger partial charge < -0.3 is 5.11 Å². The summed E-state index contributed by atoms with van der Waals surface area (Å²) in [6, 6.07) is 15.4. The third kappa shape index (κ3) is 3.14. The number of carbonyl (C=O) groups is 2. The summed E-state index contributed by atoms with van der Waals surface area (Å²) < 4.78 is 0. The summed E-state index contributed by atoms with van der Waals surface area (Å²) in [7, 11) is 0. The lowest BCUT2D eigenvalue weighted by molar-refractivity contribution is -0.127. The van der Waals surface area contributed by atoms with Gasteiger partial charge in [-0.25, -0.2) is 0 Å². The number of phenolic OH excluding ortho intramolecular Hbond substituents is 1. The minimum Gasteiger partial charge on any atom is -0.507 e. The molecule has 1 N–H and O–H groups in total. The zero-order valence-corrected chi connectivity index (χ0v) is 14.6. The van der Waals surface area contributed by atoms with Crippen LogP contribution in [0.4, 0.5) is 5.69 Å². The zero-order chi connectivity index (χ0) is 18.7. The zero-order valence-electron chi connectivity index (χ0n) is 13.8. The number of benzene rings is 2. The van der Waals surface area contributed by atoms with Crippen molar-refractivity contribution in [3.63, 3.8) is 0 Å². The summed E-state index contributed by atoms with van der Waals surface area (Å²) in [5.74, 6) is -1.07. The maximum absolute atomic E-state index is 13.0. The minimum atomic E-state index is -0.533. The van der Waals surface area contributed by atoms with Gasteiger partial charge in [0.15, 0.2) is 5.11 Å². The molecule has 0 saturated carbocycles. The van der Waals surface area contributed by atoms with Crippen LogP contribution in [0.25, 0.3) is 6.08 Å². The molecule has 1 aliphatic heterocycles. The predicted octanol–water partition coefficient (Wildman–Crippen LogP) is 3.12. The molecule has 0 bridgehead atoms. The molecule has 6 heteroatoms. The molecule has 2 aromatic rings. The van der Waals surface area contributed by atoms with Gasteiger partial charge in [-0.15, -0.1) is 6.58 Å². The first kappa shape index (κ1) is 17.6. The maximum Gasteiger partial charge on any atom is 0.270 e. The topological polar surface area (TPSA) is 60.9 Å². The van der Waals surface area contributed by atoms with Crippen LogP contribution in [0.2, 0.25) is 0 Å². The van der Waals surface area contributed by atoms with Crippen molar-refractivity contribution in [2.45, 2.75) is 0 Å². The number of phenols is 1. The van der Waals surface area contributed by atoms with Crippen molar-refractivity contribution in [1.29, 1.82) is 0 Å². The second-order valence-corrected chi connectivity index (χ2v) is 5.95. The second kappa shape index (κ2) is 7.33. The van der Waals surface area contributed by atoms with Gasteiger partial charge in [-0.2, -0.15) is 0 Å². The van der Waals surface area contributed by atoms with E-state index < -0.39 is 11.8 Å². The molecule has 26 heavy (non-hydrogen) atoms. The fraction of sp³-hybridized carbons (Fsp3) is 0.0500. The van der Waals surface area contributed by atoms with Crippen molar-refractivity contribution in [2.24, 2.45) is 0 Å². The molecule has 1 saturated heterocycles. The smallest absolute Gasteiger partial charge is 0.270 e. The Kier molecular flexibility index (Phi) is 4.95. The Morgan fingerprint density at radius 2 is 1.65 bits per heavy atom. The molecule has 0 atom stereocenters. The van der Waals surface area contributed by atoms with E-state index >= 15 is 0 Å². The number of hydrogen-bond acceptors (Lipinski definition) is 4. The number of hydrogen-bond donors (Lipinski definition) is 1. The molecule has 0 radical (unpaired) electrons. The van der Waals surface area contributed by atoms with Gasteiger partial charge in [-0.3, -0.25) is 19.4 Å². The molecule has 1 heterocycles. The van der Waals surface area contributed by atoms with Gasteiger partial charge in [0.25, 0.3) is 11.8 Å². The molecule has 0 spiro atoms. The lowest BCUT2D eigenvalue weighted by Crippen LogP contribution is -2.56. The van der Waals surface area contributed by atoms with E-state index in [9.17, 15) is 14.7 Å². The van der Waals surface area contributed by atoms with Gasteiger partial charge in [0.05, 0.1) is 5.69 Å². The Hall–Kier alpha value is -3.25. The summed E-state index contributed by atoms with van der Waals surface area (Å²) in [5.41, 5.74) is 0.863. The number of amides is 2. The summed E-state index contributed by atoms with van der Waals surface area (Å²) in [5, 5.41) is 10.1. The first-order valence-corrected chi connectivity index (χ1v) is 8.31. The minimum absolute atomic E-state index is 0.0183. The monoisotopic (exact) mass is 364 g/mol. The number of anilines is 1. The molecule has 3 rings (SSSR count). The molecule has 0 aromatic heterocycles. The number of nitrogens with zero attached hydrogens (tertiary/aromatic N) is 2. The van der Waals surface area contributed by atoms with E-state index in [1.807, 2.05) is 6.07 Å². The molecule has 1 aliphatic rings. The van der Waals surface area contributed by atoms with Gasteiger partial charge in [0, 0.05) is 12.1 Å². The van der Waals surface area contributed by atoms with Crippen LogP contribution in [0.1, 0.15) is 5.56 Å². The fourth-order valence-corrected chi connectivity index (χ4v) is 2.98. The Balaban J connectivity index is 2.13. The molecule has 2 aromatic carbocycles. The van der Waals surface area contributed by atoms with Gasteiger partial charge in [-0.05, 0) is 36.5 Å². The largest absolute Gasteiger partial charge is 0.507 e. The normalized spacial score (nSPS) is 16.3. The van der Waals surface area contributed by atoms with Crippen molar-refractivity contribution >= 4 is 40.9 Å². The van der Waals surface area contributed by atoms with Crippen LogP contribution in [0.3, 0.4) is 0 Å². The molecule has 130 valence electrons. The van der Waals surface area contributed by atoms with Crippen LogP contribution in [0, 0.1) is 0 Å². The van der Waals surface area contributed by atoms with E-state index in [4.69, 9.17) is 12.2 Å². The van der Waals surface area contributed by atoms with E-state index in [1.165, 1.54) is 21.9 Å². The fourth-order valence-electron chi connectivity index (χ4n) is 2.64. The average Bonchev–Trinajstić information content (AvgIpc) is 2.65. The number of rotatable bonds is 4. The quantitative estimate of drug-likeness (QED) is 0.392. The highest BCUT2D eigenvalue weighted by Crippen LogP contribution is 2.27. The number of thiocarbonyl (C=S) groups is 1. The standard InChI is InChI=1S/C20H16N2O3S/c1-2-12-21-18(24)16(13-14-8-6-7-11-17(14)23)19(25)22(20(21)26)15-9-4-3-5-10-15/h2-11,13,23H,1,12H2/b16-13+. The molecular weight excluding hydrogens is 348 g/mol. The van der Waals surface area contributed by atoms with Crippen molar-refractivity contribution in [3.8, 4) is 5.75 Å². The van der Waals surface area contributed by atoms with Gasteiger partial charge in [-0.1, -0.05) is 42.5 Å². The molecule has 1 fully saturated rings. The molecule has 5 nitrogen and oxygen atoms in total. The van der Waals surface area contributed by atoms with Crippen molar-refractivity contribution in [2.75, 3.05) is 11.4 Å². The maximum atomic E-state index is 13.0. The van der Waals surface area contributed by atoms with Gasteiger partial charge >= 0.3 is 0 Å². The summed E-state index contributed by atoms with van der Waals surface area (Å²) >= 11 is 5.38. The Bertz CT molecular complexity index is 922. The van der Waals surface area contributed by atoms with Crippen LogP contribution >= 0.6 is 12.2 Å². The SMILES string of the molecule is C=CCN1C(=O)/C(=C\c2ccccc2O)C(=O)N(c2ccccc2)C1=S. The second-order valence-electron chi connectivity index (χ2n) is 5.58. The van der Waals surface area contributed by atoms with E-state index in [1.54, 1.807) is 48.5 Å². The van der Waals surface area contributed by atoms with Gasteiger partial charge in [0.1, 0.15) is 11.3 Å². The van der Waals surface area contributed by atoms with E-state index in [-0.39, 0.29) is 23.0 Å². The molecule has 2 amide bonds. The highest BCUT2D eigenvalue weighted by atomic mass is 32.1. The van der Waals surface area contributed by atoms with Crippen molar-refractivity contribution < 1.29 is 14.7 Å². The molecular formula is C20H16N2O3S. The Labute approximate surface area is 156 Å². The molecule has 0 aliphatic carbocycles. The van der Waals surface area contributed by atoms with Gasteiger partial charge in [0.2, 0.25) is 0 Å². The summed E-state index contributed by atoms with van der Waals surface area (Å²) in [6.07, 6.45) is 2.93. The Morgan fingerprint density at radius 3 is 2.31 bits per heavy atom. The van der Waals surface area contributed by atoms with E-state index in [0.717, 1.165) is 0 Å². The van der Waals surface area contributed by atoms with E-state index in [0.29, 0.717) is 11.3 Å². The predicted molar refractivity (Wildman–Crippen MR) is 105 cm³/mol. The van der Waals surface area contributed by atoms with E-state index in [2.05, 4.69) is 6.58 Å². The number of carbonyl (C=O) groups excluding carboxylic acids is 2. The Morgan fingerprint density at radius 1 is 1.00 bits per heavy atom. The summed E-state index contributed by atoms with van der Waals surface area (Å²) in [4.78, 5) is 28.5. The van der Waals surface area contributed by atoms with Crippen LogP contribution < -0.4 is 4.90 Å². The lowest BCUT2D eigenvalue weighted by atomic mass is 10.0. The number of para-hydroxylation sites is 2. The highest BCUT2D eigenvalue weighted by Gasteiger charge is 2.39. The third-order valence-corrected chi connectivity index (χ3v) is 4.30. The molecule has 0 unspecified atom stereocenters. The highest BCUT2D eigenvalue weighted by molar-refractivity contribution is 7.80. The van der Waals surface area contributed by atoms with Crippen molar-refractivity contribution in [1.82, 2.24) is 4.90 Å². The van der Waals surface area contributed by atoms with Crippen LogP contribution in [0.15, 0.2) is 72.8 Å². The first-order valence-electron chi connectivity index (χ1n) is 7.90. The first-order chi connectivity index (χ1) is 12.5.